The van der Waals surface area contributed by atoms with E-state index in [0.29, 0.717) is 12.5 Å². The van der Waals surface area contributed by atoms with Crippen LogP contribution in [0.4, 0.5) is 0 Å². The van der Waals surface area contributed by atoms with Crippen molar-refractivity contribution < 1.29 is 9.53 Å². The first kappa shape index (κ1) is 14.0. The number of ether oxygens (including phenoxy) is 1. The Bertz CT molecular complexity index is 617. The second kappa shape index (κ2) is 6.22. The molecule has 3 heterocycles. The van der Waals surface area contributed by atoms with Crippen LogP contribution in [0.5, 0.6) is 0 Å². The Morgan fingerprint density at radius 3 is 2.90 bits per heavy atom. The van der Waals surface area contributed by atoms with E-state index in [9.17, 15) is 4.79 Å². The molecule has 2 aromatic rings. The molecule has 0 radical (unpaired) electrons. The highest BCUT2D eigenvalue weighted by molar-refractivity contribution is 5.77. The second-order valence-electron chi connectivity index (χ2n) is 5.28. The molecule has 0 aromatic carbocycles. The third-order valence-electron chi connectivity index (χ3n) is 3.98. The van der Waals surface area contributed by atoms with Gasteiger partial charge in [-0.1, -0.05) is 6.07 Å². The van der Waals surface area contributed by atoms with Gasteiger partial charge < -0.3 is 9.64 Å². The van der Waals surface area contributed by atoms with E-state index in [2.05, 4.69) is 10.2 Å². The maximum atomic E-state index is 11.9. The van der Waals surface area contributed by atoms with Crippen LogP contribution in [0, 0.1) is 0 Å². The minimum absolute atomic E-state index is 0.0846. The fourth-order valence-electron chi connectivity index (χ4n) is 2.81. The Balaban J connectivity index is 1.64. The van der Waals surface area contributed by atoms with E-state index in [0.717, 1.165) is 37.4 Å². The van der Waals surface area contributed by atoms with Gasteiger partial charge in [0, 0.05) is 31.8 Å². The van der Waals surface area contributed by atoms with Gasteiger partial charge in [0.2, 0.25) is 5.91 Å². The molecule has 1 amide bonds. The van der Waals surface area contributed by atoms with Crippen LogP contribution in [0.3, 0.4) is 0 Å². The lowest BCUT2D eigenvalue weighted by molar-refractivity contribution is -0.137. The molecule has 1 fully saturated rings. The lowest BCUT2D eigenvalue weighted by atomic mass is 9.96. The molecule has 6 nitrogen and oxygen atoms in total. The number of hydrogen-bond donors (Lipinski definition) is 0. The fourth-order valence-corrected chi connectivity index (χ4v) is 2.81. The largest absolute Gasteiger partial charge is 0.372 e. The zero-order valence-electron chi connectivity index (χ0n) is 12.2. The van der Waals surface area contributed by atoms with Crippen LogP contribution >= 0.6 is 0 Å². The molecule has 1 aliphatic heterocycles. The van der Waals surface area contributed by atoms with E-state index < -0.39 is 0 Å². The summed E-state index contributed by atoms with van der Waals surface area (Å²) < 4.78 is 7.23. The Morgan fingerprint density at radius 2 is 2.14 bits per heavy atom. The number of amides is 1. The topological polar surface area (TPSA) is 59.7 Å². The van der Waals surface area contributed by atoms with E-state index in [1.54, 1.807) is 0 Å². The summed E-state index contributed by atoms with van der Waals surface area (Å²) in [4.78, 5) is 13.8. The van der Waals surface area contributed by atoms with E-state index in [4.69, 9.17) is 4.74 Å². The summed E-state index contributed by atoms with van der Waals surface area (Å²) in [5.41, 5.74) is 0.877. The maximum absolute atomic E-state index is 11.9. The molecule has 0 saturated carbocycles. The van der Waals surface area contributed by atoms with Gasteiger partial charge in [-0.3, -0.25) is 9.20 Å². The van der Waals surface area contributed by atoms with Crippen molar-refractivity contribution in [2.75, 3.05) is 26.3 Å². The average molecular weight is 288 g/mol. The summed E-state index contributed by atoms with van der Waals surface area (Å²) in [5, 5.41) is 8.52. The molecule has 0 atom stereocenters. The van der Waals surface area contributed by atoms with Crippen LogP contribution in [-0.4, -0.2) is 51.7 Å². The number of piperidine rings is 1. The monoisotopic (exact) mass is 288 g/mol. The summed E-state index contributed by atoms with van der Waals surface area (Å²) >= 11 is 0. The van der Waals surface area contributed by atoms with Crippen molar-refractivity contribution in [1.29, 1.82) is 0 Å². The summed E-state index contributed by atoms with van der Waals surface area (Å²) in [6.07, 6.45) is 3.85. The van der Waals surface area contributed by atoms with E-state index in [-0.39, 0.29) is 12.5 Å². The Kier molecular flexibility index (Phi) is 4.15. The smallest absolute Gasteiger partial charge is 0.248 e. The van der Waals surface area contributed by atoms with Gasteiger partial charge in [-0.05, 0) is 31.9 Å². The molecule has 112 valence electrons. The highest BCUT2D eigenvalue weighted by Gasteiger charge is 2.26. The molecule has 1 aliphatic rings. The zero-order valence-corrected chi connectivity index (χ0v) is 12.2. The van der Waals surface area contributed by atoms with E-state index in [1.807, 2.05) is 40.6 Å². The first-order valence-corrected chi connectivity index (χ1v) is 7.44. The SMILES string of the molecule is CCOCC(=O)N1CCC(c2nnc3ccccn23)CC1. The first-order chi connectivity index (χ1) is 10.3. The van der Waals surface area contributed by atoms with E-state index in [1.165, 1.54) is 0 Å². The fraction of sp³-hybridized carbons (Fsp3) is 0.533. The number of aromatic nitrogens is 3. The molecular formula is C15H20N4O2. The van der Waals surface area contributed by atoms with Crippen LogP contribution in [-0.2, 0) is 9.53 Å². The highest BCUT2D eigenvalue weighted by atomic mass is 16.5. The quantitative estimate of drug-likeness (QED) is 0.855. The zero-order chi connectivity index (χ0) is 14.7. The van der Waals surface area contributed by atoms with Crippen LogP contribution in [0.25, 0.3) is 5.65 Å². The number of nitrogens with zero attached hydrogens (tertiary/aromatic N) is 4. The van der Waals surface area contributed by atoms with Gasteiger partial charge >= 0.3 is 0 Å². The van der Waals surface area contributed by atoms with Crippen molar-refractivity contribution in [1.82, 2.24) is 19.5 Å². The van der Waals surface area contributed by atoms with Crippen molar-refractivity contribution in [3.63, 3.8) is 0 Å². The molecule has 0 N–H and O–H groups in total. The Hall–Kier alpha value is -1.95. The maximum Gasteiger partial charge on any atom is 0.248 e. The molecule has 0 aliphatic carbocycles. The number of carbonyl (C=O) groups excluding carboxylic acids is 1. The van der Waals surface area contributed by atoms with Crippen LogP contribution in [0.1, 0.15) is 31.5 Å². The number of fused-ring (bicyclic) bond motifs is 1. The molecular weight excluding hydrogens is 268 g/mol. The van der Waals surface area contributed by atoms with E-state index >= 15 is 0 Å². The lowest BCUT2D eigenvalue weighted by Gasteiger charge is -2.31. The molecule has 3 rings (SSSR count). The third-order valence-corrected chi connectivity index (χ3v) is 3.98. The summed E-state index contributed by atoms with van der Waals surface area (Å²) in [5.74, 6) is 1.45. The first-order valence-electron chi connectivity index (χ1n) is 7.44. The number of rotatable bonds is 4. The number of carbonyl (C=O) groups is 1. The Labute approximate surface area is 123 Å². The van der Waals surface area contributed by atoms with Crippen LogP contribution in [0.15, 0.2) is 24.4 Å². The van der Waals surface area contributed by atoms with Gasteiger partial charge in [0.05, 0.1) is 0 Å². The summed E-state index contributed by atoms with van der Waals surface area (Å²) in [6, 6.07) is 5.90. The minimum atomic E-state index is 0.0846. The lowest BCUT2D eigenvalue weighted by Crippen LogP contribution is -2.40. The molecule has 0 bridgehead atoms. The number of likely N-dealkylation sites (tertiary alicyclic amines) is 1. The van der Waals surface area contributed by atoms with Gasteiger partial charge in [0.1, 0.15) is 12.4 Å². The number of hydrogen-bond acceptors (Lipinski definition) is 4. The van der Waals surface area contributed by atoms with Gasteiger partial charge in [-0.25, -0.2) is 0 Å². The molecule has 2 aromatic heterocycles. The third kappa shape index (κ3) is 2.90. The highest BCUT2D eigenvalue weighted by Crippen LogP contribution is 2.27. The predicted molar refractivity (Wildman–Crippen MR) is 78.0 cm³/mol. The van der Waals surface area contributed by atoms with Gasteiger partial charge in [-0.15, -0.1) is 10.2 Å². The molecule has 0 spiro atoms. The normalized spacial score (nSPS) is 16.5. The Morgan fingerprint density at radius 1 is 1.33 bits per heavy atom. The van der Waals surface area contributed by atoms with Gasteiger partial charge in [0.15, 0.2) is 5.65 Å². The van der Waals surface area contributed by atoms with Crippen molar-refractivity contribution in [3.8, 4) is 0 Å². The summed E-state index contributed by atoms with van der Waals surface area (Å²) in [7, 11) is 0. The number of pyridine rings is 1. The molecule has 6 heteroatoms. The van der Waals surface area contributed by atoms with Gasteiger partial charge in [-0.2, -0.15) is 0 Å². The molecule has 21 heavy (non-hydrogen) atoms. The average Bonchev–Trinajstić information content (AvgIpc) is 2.97. The van der Waals surface area contributed by atoms with Gasteiger partial charge in [0.25, 0.3) is 0 Å². The predicted octanol–water partition coefficient (Wildman–Crippen LogP) is 1.47. The minimum Gasteiger partial charge on any atom is -0.372 e. The van der Waals surface area contributed by atoms with Crippen molar-refractivity contribution in [2.24, 2.45) is 0 Å². The molecule has 1 saturated heterocycles. The van der Waals surface area contributed by atoms with Crippen molar-refractivity contribution in [2.45, 2.75) is 25.7 Å². The summed E-state index contributed by atoms with van der Waals surface area (Å²) in [6.45, 7) is 4.19. The van der Waals surface area contributed by atoms with Crippen molar-refractivity contribution >= 4 is 11.6 Å². The van der Waals surface area contributed by atoms with Crippen LogP contribution in [0.2, 0.25) is 0 Å². The van der Waals surface area contributed by atoms with Crippen LogP contribution < -0.4 is 0 Å². The standard InChI is InChI=1S/C15H20N4O2/c1-2-21-11-14(20)18-9-6-12(7-10-18)15-17-16-13-5-3-4-8-19(13)15/h3-5,8,12H,2,6-7,9-11H2,1H3. The second-order valence-corrected chi connectivity index (χ2v) is 5.28. The van der Waals surface area contributed by atoms with Crippen molar-refractivity contribution in [3.05, 3.63) is 30.2 Å². The molecule has 0 unspecified atom stereocenters.